The number of hydrogen-bond acceptors (Lipinski definition) is 5. The zero-order valence-electron chi connectivity index (χ0n) is 19.1. The Balaban J connectivity index is 1.56. The summed E-state index contributed by atoms with van der Waals surface area (Å²) in [5, 5.41) is 0. The van der Waals surface area contributed by atoms with Crippen LogP contribution in [0.25, 0.3) is 0 Å². The predicted molar refractivity (Wildman–Crippen MR) is 140 cm³/mol. The van der Waals surface area contributed by atoms with E-state index in [0.29, 0.717) is 12.5 Å². The minimum Gasteiger partial charge on any atom is -0.460 e. The van der Waals surface area contributed by atoms with Gasteiger partial charge in [-0.1, -0.05) is 85.0 Å². The smallest absolute Gasteiger partial charge is 0.341 e. The highest BCUT2D eigenvalue weighted by Crippen LogP contribution is 2.19. The maximum absolute atomic E-state index is 12.5. The van der Waals surface area contributed by atoms with Gasteiger partial charge in [0.25, 0.3) is 0 Å². The molecule has 0 spiro atoms. The molecule has 33 heavy (non-hydrogen) atoms. The molecule has 176 valence electrons. The Morgan fingerprint density at radius 3 is 2.18 bits per heavy atom. The normalized spacial score (nSPS) is 12.2. The van der Waals surface area contributed by atoms with Gasteiger partial charge in [-0.3, -0.25) is 9.59 Å². The van der Waals surface area contributed by atoms with Crippen molar-refractivity contribution in [2.24, 2.45) is 5.92 Å². The van der Waals surface area contributed by atoms with Crippen molar-refractivity contribution in [3.63, 3.8) is 0 Å². The summed E-state index contributed by atoms with van der Waals surface area (Å²) in [5.41, 5.74) is 3.64. The molecule has 3 aromatic rings. The number of rotatable bonds is 10. The summed E-state index contributed by atoms with van der Waals surface area (Å²) in [6.07, 6.45) is 1.02. The van der Waals surface area contributed by atoms with Crippen molar-refractivity contribution in [3.05, 3.63) is 90.9 Å². The first-order chi connectivity index (χ1) is 15.8. The lowest BCUT2D eigenvalue weighted by Gasteiger charge is -2.13. The van der Waals surface area contributed by atoms with Gasteiger partial charge in [-0.05, 0) is 41.5 Å². The Kier molecular flexibility index (Phi) is 9.08. The Hall–Kier alpha value is -2.20. The maximum atomic E-state index is 12.5. The molecule has 1 atom stereocenters. The van der Waals surface area contributed by atoms with Gasteiger partial charge in [0.15, 0.2) is 0 Å². The van der Waals surface area contributed by atoms with Gasteiger partial charge in [0.2, 0.25) is 0 Å². The fraction of sp³-hybridized carbons (Fsp3) is 0.400. The molecule has 0 amide bonds. The number of carbonyl (C=O) groups excluding carboxylic acids is 1. The van der Waals surface area contributed by atoms with Crippen LogP contribution in [0.4, 0.5) is 0 Å². The number of alkyl halides is 1. The average Bonchev–Trinajstić information content (AvgIpc) is 3.05. The van der Waals surface area contributed by atoms with Crippen LogP contribution in [-0.4, -0.2) is 18.9 Å². The van der Waals surface area contributed by atoms with Crippen LogP contribution in [0.15, 0.2) is 58.1 Å². The van der Waals surface area contributed by atoms with Crippen LogP contribution in [0.5, 0.6) is 0 Å². The molecular weight excluding hydrogens is 551 g/mol. The van der Waals surface area contributed by atoms with Crippen molar-refractivity contribution in [3.8, 4) is 0 Å². The minimum absolute atomic E-state index is 0.176. The average molecular weight is 580 g/mol. The molecule has 1 heterocycles. The van der Waals surface area contributed by atoms with Crippen molar-refractivity contribution in [1.82, 2.24) is 8.52 Å². The van der Waals surface area contributed by atoms with Gasteiger partial charge >= 0.3 is 16.5 Å². The van der Waals surface area contributed by atoms with E-state index in [-0.39, 0.29) is 35.6 Å². The summed E-state index contributed by atoms with van der Waals surface area (Å²) in [5.74, 6) is -0.0146. The third kappa shape index (κ3) is 6.89. The van der Waals surface area contributed by atoms with Gasteiger partial charge in [-0.25, -0.2) is 13.3 Å². The van der Waals surface area contributed by atoms with Crippen LogP contribution in [-0.2, 0) is 35.6 Å². The lowest BCUT2D eigenvalue weighted by atomic mass is 9.97. The van der Waals surface area contributed by atoms with E-state index in [1.54, 1.807) is 0 Å². The summed E-state index contributed by atoms with van der Waals surface area (Å²) < 4.78 is 9.03. The largest absolute Gasteiger partial charge is 0.460 e. The molecule has 2 aromatic carbocycles. The molecule has 0 aliphatic rings. The molecule has 3 rings (SSSR count). The number of esters is 1. The van der Waals surface area contributed by atoms with Crippen molar-refractivity contribution < 1.29 is 9.53 Å². The van der Waals surface area contributed by atoms with Crippen LogP contribution < -0.4 is 10.6 Å². The second-order valence-corrected chi connectivity index (χ2v) is 10.6. The Morgan fingerprint density at radius 1 is 0.970 bits per heavy atom. The number of nitrogens with zero attached hydrogens (tertiary/aromatic N) is 2. The van der Waals surface area contributed by atoms with Crippen LogP contribution in [0.1, 0.15) is 48.9 Å². The minimum atomic E-state index is -0.340. The zero-order chi connectivity index (χ0) is 24.0. The van der Waals surface area contributed by atoms with Gasteiger partial charge in [0, 0.05) is 22.5 Å². The fourth-order valence-electron chi connectivity index (χ4n) is 3.50. The molecule has 0 saturated heterocycles. The van der Waals surface area contributed by atoms with Crippen molar-refractivity contribution in [2.45, 2.75) is 52.8 Å². The van der Waals surface area contributed by atoms with Crippen molar-refractivity contribution in [1.29, 1.82) is 0 Å². The van der Waals surface area contributed by atoms with E-state index in [1.807, 2.05) is 43.3 Å². The number of carbonyl (C=O) groups is 1. The summed E-state index contributed by atoms with van der Waals surface area (Å²) in [7, 11) is 0. The van der Waals surface area contributed by atoms with E-state index < -0.39 is 0 Å². The topological polar surface area (TPSA) is 70.3 Å². The maximum Gasteiger partial charge on any atom is 0.341 e. The quantitative estimate of drug-likeness (QED) is 0.200. The molecule has 0 bridgehead atoms. The molecule has 0 N–H and O–H groups in total. The monoisotopic (exact) mass is 580 g/mol. The Morgan fingerprint density at radius 2 is 1.58 bits per heavy atom. The summed E-state index contributed by atoms with van der Waals surface area (Å²) in [6, 6.07) is 15.6. The highest BCUT2D eigenvalue weighted by Gasteiger charge is 2.17. The van der Waals surface area contributed by atoms with Gasteiger partial charge < -0.3 is 4.74 Å². The number of ether oxygens (including phenoxy) is 1. The van der Waals surface area contributed by atoms with E-state index in [2.05, 4.69) is 48.6 Å². The fourth-order valence-corrected chi connectivity index (χ4v) is 5.10. The number of aromatic nitrogens is 2. The predicted octanol–water partition coefficient (Wildman–Crippen LogP) is 4.60. The van der Waals surface area contributed by atoms with Crippen LogP contribution in [0, 0.1) is 5.92 Å². The summed E-state index contributed by atoms with van der Waals surface area (Å²) >= 11 is 3.13. The Bertz CT molecular complexity index is 1180. The van der Waals surface area contributed by atoms with E-state index in [4.69, 9.17) is 4.74 Å². The first kappa shape index (κ1) is 25.4. The molecule has 1 unspecified atom stereocenters. The van der Waals surface area contributed by atoms with E-state index in [0.717, 1.165) is 39.1 Å². The molecule has 0 radical (unpaired) electrons. The van der Waals surface area contributed by atoms with E-state index in [1.165, 1.54) is 14.1 Å². The number of aryl methyl sites for hydroxylation is 1. The SMILES string of the molecule is CC(C)Cc1ccc(C(C)C(=O)OCc2ccc(Cn3c(=O)sn(CCI)c3=O)cc2)cc1. The first-order valence-corrected chi connectivity index (χ1v) is 13.3. The second kappa shape index (κ2) is 11.8. The van der Waals surface area contributed by atoms with Gasteiger partial charge in [-0.2, -0.15) is 0 Å². The van der Waals surface area contributed by atoms with Crippen LogP contribution >= 0.6 is 34.1 Å². The third-order valence-electron chi connectivity index (χ3n) is 5.36. The second-order valence-electron chi connectivity index (χ2n) is 8.50. The number of hydrogen-bond donors (Lipinski definition) is 0. The molecule has 0 aliphatic carbocycles. The molecule has 0 saturated carbocycles. The standard InChI is InChI=1S/C25H29IN2O4S/c1-17(2)14-19-8-10-22(11-9-19)18(3)23(29)32-16-21-6-4-20(5-7-21)15-27-24(30)28(13-12-26)33-25(27)31/h4-11,17-18H,12-16H2,1-3H3. The lowest BCUT2D eigenvalue weighted by molar-refractivity contribution is -0.146. The van der Waals surface area contributed by atoms with Crippen LogP contribution in [0.2, 0.25) is 0 Å². The van der Waals surface area contributed by atoms with Gasteiger partial charge in [-0.15, -0.1) is 0 Å². The van der Waals surface area contributed by atoms with E-state index >= 15 is 0 Å². The molecule has 0 aliphatic heterocycles. The summed E-state index contributed by atoms with van der Waals surface area (Å²) in [4.78, 5) is 36.7. The Labute approximate surface area is 211 Å². The van der Waals surface area contributed by atoms with Crippen molar-refractivity contribution in [2.75, 3.05) is 4.43 Å². The zero-order valence-corrected chi connectivity index (χ0v) is 22.1. The molecule has 0 fully saturated rings. The molecule has 1 aromatic heterocycles. The summed E-state index contributed by atoms with van der Waals surface area (Å²) in [6.45, 7) is 7.17. The highest BCUT2D eigenvalue weighted by molar-refractivity contribution is 14.1. The van der Waals surface area contributed by atoms with Crippen molar-refractivity contribution >= 4 is 40.1 Å². The lowest BCUT2D eigenvalue weighted by Crippen LogP contribution is -2.29. The van der Waals surface area contributed by atoms with Crippen LogP contribution in [0.3, 0.4) is 0 Å². The molecular formula is C25H29IN2O4S. The van der Waals surface area contributed by atoms with E-state index in [9.17, 15) is 14.4 Å². The first-order valence-electron chi connectivity index (χ1n) is 11.0. The highest BCUT2D eigenvalue weighted by atomic mass is 127. The number of halogens is 1. The molecule has 6 nitrogen and oxygen atoms in total. The third-order valence-corrected chi connectivity index (χ3v) is 6.78. The van der Waals surface area contributed by atoms with Gasteiger partial charge in [0.1, 0.15) is 6.61 Å². The molecule has 8 heteroatoms. The van der Waals surface area contributed by atoms with Gasteiger partial charge in [0.05, 0.1) is 12.5 Å². The number of benzene rings is 2.